The van der Waals surface area contributed by atoms with Gasteiger partial charge in [-0.15, -0.1) is 0 Å². The quantitative estimate of drug-likeness (QED) is 0.566. The second-order valence-electron chi connectivity index (χ2n) is 6.71. The van der Waals surface area contributed by atoms with Crippen LogP contribution in [0.3, 0.4) is 0 Å². The van der Waals surface area contributed by atoms with Crippen molar-refractivity contribution < 1.29 is 4.79 Å². The lowest BCUT2D eigenvalue weighted by Crippen LogP contribution is -2.12. The van der Waals surface area contributed by atoms with E-state index >= 15 is 0 Å². The van der Waals surface area contributed by atoms with E-state index in [1.807, 2.05) is 54.2 Å². The molecule has 4 rings (SSSR count). The Hall–Kier alpha value is -3.01. The van der Waals surface area contributed by atoms with E-state index in [9.17, 15) is 4.79 Å². The number of hydrogen-bond donors (Lipinski definition) is 1. The normalized spacial score (nSPS) is 11.5. The minimum Gasteiger partial charge on any atom is -0.351 e. The molecular formula is C21H21N3O. The van der Waals surface area contributed by atoms with Gasteiger partial charge in [-0.1, -0.05) is 6.07 Å². The molecule has 1 N–H and O–H groups in total. The molecule has 0 bridgehead atoms. The monoisotopic (exact) mass is 331 g/mol. The summed E-state index contributed by atoms with van der Waals surface area (Å²) in [7, 11) is 2.00. The number of carbonyl (C=O) groups excluding carboxylic acids is 1. The maximum Gasteiger partial charge on any atom is 0.255 e. The zero-order chi connectivity index (χ0) is 17.6. The first kappa shape index (κ1) is 15.5. The highest BCUT2D eigenvalue weighted by molar-refractivity contribution is 6.10. The summed E-state index contributed by atoms with van der Waals surface area (Å²) >= 11 is 0. The van der Waals surface area contributed by atoms with Gasteiger partial charge in [-0.3, -0.25) is 4.79 Å². The molecule has 0 aliphatic rings. The largest absolute Gasteiger partial charge is 0.351 e. The van der Waals surface area contributed by atoms with Crippen LogP contribution >= 0.6 is 0 Å². The molecule has 25 heavy (non-hydrogen) atoms. The molecule has 0 unspecified atom stereocenters. The van der Waals surface area contributed by atoms with Crippen LogP contribution < -0.4 is 5.32 Å². The van der Waals surface area contributed by atoms with Gasteiger partial charge >= 0.3 is 0 Å². The third kappa shape index (κ3) is 2.60. The van der Waals surface area contributed by atoms with E-state index in [2.05, 4.69) is 42.1 Å². The summed E-state index contributed by atoms with van der Waals surface area (Å²) in [6, 6.07) is 16.3. The molecule has 2 heterocycles. The second-order valence-corrected chi connectivity index (χ2v) is 6.71. The number of aryl methyl sites for hydroxylation is 1. The Bertz CT molecular complexity index is 1090. The average molecular weight is 331 g/mol. The van der Waals surface area contributed by atoms with E-state index in [0.29, 0.717) is 11.6 Å². The fourth-order valence-corrected chi connectivity index (χ4v) is 3.37. The third-order valence-corrected chi connectivity index (χ3v) is 4.72. The van der Waals surface area contributed by atoms with Crippen molar-refractivity contribution >= 4 is 33.4 Å². The Labute approximate surface area is 146 Å². The van der Waals surface area contributed by atoms with Crippen molar-refractivity contribution in [2.75, 3.05) is 5.32 Å². The van der Waals surface area contributed by atoms with E-state index in [4.69, 9.17) is 0 Å². The first-order valence-electron chi connectivity index (χ1n) is 8.50. The van der Waals surface area contributed by atoms with Crippen LogP contribution in [0.2, 0.25) is 0 Å². The van der Waals surface area contributed by atoms with Gasteiger partial charge in [-0.25, -0.2) is 0 Å². The highest BCUT2D eigenvalue weighted by atomic mass is 16.1. The van der Waals surface area contributed by atoms with Crippen LogP contribution in [0, 0.1) is 0 Å². The molecule has 0 fully saturated rings. The van der Waals surface area contributed by atoms with Crippen LogP contribution in [0.1, 0.15) is 30.2 Å². The molecule has 0 saturated carbocycles. The van der Waals surface area contributed by atoms with E-state index in [1.165, 1.54) is 0 Å². The highest BCUT2D eigenvalue weighted by Crippen LogP contribution is 2.27. The molecule has 0 aliphatic heterocycles. The minimum atomic E-state index is -0.0875. The van der Waals surface area contributed by atoms with Gasteiger partial charge in [-0.05, 0) is 56.3 Å². The maximum absolute atomic E-state index is 12.7. The van der Waals surface area contributed by atoms with Crippen molar-refractivity contribution in [2.45, 2.75) is 19.9 Å². The average Bonchev–Trinajstić information content (AvgIpc) is 3.19. The molecule has 0 atom stereocenters. The topological polar surface area (TPSA) is 39.0 Å². The Kier molecular flexibility index (Phi) is 3.61. The molecule has 4 nitrogen and oxygen atoms in total. The summed E-state index contributed by atoms with van der Waals surface area (Å²) < 4.78 is 4.26. The first-order valence-corrected chi connectivity index (χ1v) is 8.50. The SMILES string of the molecule is CC(C)n1ccc2c(NC(=O)c3ccc4c(ccn4C)c3)cccc21. The lowest BCUT2D eigenvalue weighted by atomic mass is 10.1. The van der Waals surface area contributed by atoms with Crippen LogP contribution in [0.15, 0.2) is 60.9 Å². The van der Waals surface area contributed by atoms with Crippen LogP contribution in [0.4, 0.5) is 5.69 Å². The van der Waals surface area contributed by atoms with Gasteiger partial charge in [0.25, 0.3) is 5.91 Å². The van der Waals surface area contributed by atoms with Crippen molar-refractivity contribution in [2.24, 2.45) is 7.05 Å². The predicted molar refractivity (Wildman–Crippen MR) is 103 cm³/mol. The molecule has 0 spiro atoms. The van der Waals surface area contributed by atoms with Gasteiger partial charge in [0.05, 0.1) is 11.2 Å². The number of nitrogens with one attached hydrogen (secondary N) is 1. The predicted octanol–water partition coefficient (Wildman–Crippen LogP) is 4.97. The van der Waals surface area contributed by atoms with Gasteiger partial charge in [0.15, 0.2) is 0 Å². The minimum absolute atomic E-state index is 0.0875. The molecular weight excluding hydrogens is 310 g/mol. The molecule has 0 aliphatic carbocycles. The summed E-state index contributed by atoms with van der Waals surface area (Å²) in [5.41, 5.74) is 3.76. The van der Waals surface area contributed by atoms with E-state index < -0.39 is 0 Å². The summed E-state index contributed by atoms with van der Waals surface area (Å²) in [5, 5.41) is 5.20. The summed E-state index contributed by atoms with van der Waals surface area (Å²) in [4.78, 5) is 12.7. The van der Waals surface area contributed by atoms with E-state index in [-0.39, 0.29) is 5.91 Å². The fraction of sp³-hybridized carbons (Fsp3) is 0.190. The van der Waals surface area contributed by atoms with Gasteiger partial charge in [0.1, 0.15) is 0 Å². The molecule has 0 saturated heterocycles. The molecule has 2 aromatic carbocycles. The molecule has 4 aromatic rings. The Morgan fingerprint density at radius 1 is 1.00 bits per heavy atom. The van der Waals surface area contributed by atoms with Crippen molar-refractivity contribution in [3.05, 3.63) is 66.5 Å². The summed E-state index contributed by atoms with van der Waals surface area (Å²) in [5.74, 6) is -0.0875. The lowest BCUT2D eigenvalue weighted by molar-refractivity contribution is 0.102. The van der Waals surface area contributed by atoms with Gasteiger partial charge in [0, 0.05) is 47.3 Å². The smallest absolute Gasteiger partial charge is 0.255 e. The van der Waals surface area contributed by atoms with Gasteiger partial charge in [-0.2, -0.15) is 0 Å². The molecule has 2 aromatic heterocycles. The zero-order valence-corrected chi connectivity index (χ0v) is 14.7. The Morgan fingerprint density at radius 3 is 2.64 bits per heavy atom. The van der Waals surface area contributed by atoms with Crippen molar-refractivity contribution in [1.82, 2.24) is 9.13 Å². The summed E-state index contributed by atoms with van der Waals surface area (Å²) in [6.45, 7) is 4.31. The highest BCUT2D eigenvalue weighted by Gasteiger charge is 2.12. The second kappa shape index (κ2) is 5.81. The molecule has 126 valence electrons. The lowest BCUT2D eigenvalue weighted by Gasteiger charge is -2.11. The number of fused-ring (bicyclic) bond motifs is 2. The molecule has 4 heteroatoms. The number of hydrogen-bond acceptors (Lipinski definition) is 1. The van der Waals surface area contributed by atoms with Crippen molar-refractivity contribution in [1.29, 1.82) is 0 Å². The summed E-state index contributed by atoms with van der Waals surface area (Å²) in [6.07, 6.45) is 4.07. The Morgan fingerprint density at radius 2 is 1.84 bits per heavy atom. The number of nitrogens with zero attached hydrogens (tertiary/aromatic N) is 2. The van der Waals surface area contributed by atoms with Gasteiger partial charge in [0.2, 0.25) is 0 Å². The van der Waals surface area contributed by atoms with E-state index in [1.54, 1.807) is 0 Å². The fourth-order valence-electron chi connectivity index (χ4n) is 3.37. The first-order chi connectivity index (χ1) is 12.0. The van der Waals surface area contributed by atoms with Crippen LogP contribution in [0.5, 0.6) is 0 Å². The van der Waals surface area contributed by atoms with Gasteiger partial charge < -0.3 is 14.5 Å². The number of anilines is 1. The van der Waals surface area contributed by atoms with Crippen LogP contribution in [-0.2, 0) is 7.05 Å². The zero-order valence-electron chi connectivity index (χ0n) is 14.7. The third-order valence-electron chi connectivity index (χ3n) is 4.72. The maximum atomic E-state index is 12.7. The number of rotatable bonds is 3. The molecule has 1 amide bonds. The Balaban J connectivity index is 1.69. The van der Waals surface area contributed by atoms with E-state index in [0.717, 1.165) is 27.5 Å². The number of carbonyl (C=O) groups is 1. The van der Waals surface area contributed by atoms with Crippen LogP contribution in [0.25, 0.3) is 21.8 Å². The van der Waals surface area contributed by atoms with Crippen molar-refractivity contribution in [3.63, 3.8) is 0 Å². The number of amides is 1. The standard InChI is InChI=1S/C21H21N3O/c1-14(2)24-12-10-17-18(5-4-6-20(17)24)22-21(25)16-7-8-19-15(13-16)9-11-23(19)3/h4-14H,1-3H3,(H,22,25). The van der Waals surface area contributed by atoms with Crippen LogP contribution in [-0.4, -0.2) is 15.0 Å². The van der Waals surface area contributed by atoms with Crippen molar-refractivity contribution in [3.8, 4) is 0 Å². The number of benzene rings is 2. The number of aromatic nitrogens is 2. The molecule has 0 radical (unpaired) electrons.